The Morgan fingerprint density at radius 3 is 3.30 bits per heavy atom. The lowest BCUT2D eigenvalue weighted by Gasteiger charge is -2.01. The Hall–Kier alpha value is -0.410. The summed E-state index contributed by atoms with van der Waals surface area (Å²) in [5, 5.41) is 2.14. The van der Waals surface area contributed by atoms with Crippen LogP contribution in [-0.4, -0.2) is 10.9 Å². The molecule has 10 heavy (non-hydrogen) atoms. The molecule has 1 aliphatic carbocycles. The molecule has 0 saturated carbocycles. The molecule has 1 heterocycles. The molecule has 2 nitrogen and oxygen atoms in total. The zero-order chi connectivity index (χ0) is 6.97. The van der Waals surface area contributed by atoms with E-state index < -0.39 is 0 Å². The van der Waals surface area contributed by atoms with Gasteiger partial charge in [0.1, 0.15) is 0 Å². The number of rotatable bonds is 1. The lowest BCUT2D eigenvalue weighted by molar-refractivity contribution is 0.572. The molecule has 1 aliphatic rings. The molecule has 0 fully saturated rings. The Morgan fingerprint density at radius 2 is 2.60 bits per heavy atom. The third-order valence-electron chi connectivity index (χ3n) is 2.05. The number of nitrogens with zero attached hydrogens (tertiary/aromatic N) is 1. The van der Waals surface area contributed by atoms with Crippen molar-refractivity contribution in [3.05, 3.63) is 16.6 Å². The molecule has 0 bridgehead atoms. The van der Waals surface area contributed by atoms with Crippen LogP contribution in [0.4, 0.5) is 0 Å². The van der Waals surface area contributed by atoms with Crippen LogP contribution in [0.3, 0.4) is 0 Å². The summed E-state index contributed by atoms with van der Waals surface area (Å²) >= 11 is 1.56. The normalized spacial score (nSPS) is 23.1. The summed E-state index contributed by atoms with van der Waals surface area (Å²) in [4.78, 5) is 0. The van der Waals surface area contributed by atoms with Crippen LogP contribution in [0.2, 0.25) is 0 Å². The fourth-order valence-electron chi connectivity index (χ4n) is 1.44. The van der Waals surface area contributed by atoms with Crippen molar-refractivity contribution in [2.24, 2.45) is 11.7 Å². The molecule has 0 aromatic carbocycles. The van der Waals surface area contributed by atoms with E-state index in [1.807, 2.05) is 0 Å². The molecule has 3 heteroatoms. The molecule has 54 valence electrons. The largest absolute Gasteiger partial charge is 0.330 e. The highest BCUT2D eigenvalue weighted by Crippen LogP contribution is 2.25. The van der Waals surface area contributed by atoms with E-state index in [9.17, 15) is 0 Å². The van der Waals surface area contributed by atoms with Gasteiger partial charge in [-0.3, -0.25) is 0 Å². The molecule has 2 rings (SSSR count). The summed E-state index contributed by atoms with van der Waals surface area (Å²) in [6.45, 7) is 0.807. The molecule has 0 aliphatic heterocycles. The molecule has 1 unspecified atom stereocenters. The molecule has 0 saturated heterocycles. The van der Waals surface area contributed by atoms with Gasteiger partial charge in [0.05, 0.1) is 5.69 Å². The minimum absolute atomic E-state index is 0.672. The van der Waals surface area contributed by atoms with Crippen LogP contribution in [0, 0.1) is 5.92 Å². The van der Waals surface area contributed by atoms with Gasteiger partial charge in [-0.05, 0) is 42.4 Å². The van der Waals surface area contributed by atoms with Gasteiger partial charge in [-0.2, -0.15) is 4.37 Å². The summed E-state index contributed by atoms with van der Waals surface area (Å²) in [6, 6.07) is 0. The van der Waals surface area contributed by atoms with E-state index in [-0.39, 0.29) is 0 Å². The maximum Gasteiger partial charge on any atom is 0.0577 e. The number of fused-ring (bicyclic) bond motifs is 1. The van der Waals surface area contributed by atoms with Gasteiger partial charge in [0.2, 0.25) is 0 Å². The van der Waals surface area contributed by atoms with Crippen LogP contribution in [0.15, 0.2) is 5.38 Å². The number of hydrogen-bond donors (Lipinski definition) is 1. The van der Waals surface area contributed by atoms with Crippen LogP contribution in [0.5, 0.6) is 0 Å². The molecule has 0 amide bonds. The third-order valence-corrected chi connectivity index (χ3v) is 2.77. The predicted molar refractivity (Wildman–Crippen MR) is 42.1 cm³/mol. The average molecular weight is 154 g/mol. The quantitative estimate of drug-likeness (QED) is 0.650. The molecule has 1 aromatic heterocycles. The van der Waals surface area contributed by atoms with Gasteiger partial charge >= 0.3 is 0 Å². The summed E-state index contributed by atoms with van der Waals surface area (Å²) in [5.74, 6) is 0.672. The minimum Gasteiger partial charge on any atom is -0.330 e. The van der Waals surface area contributed by atoms with Gasteiger partial charge in [-0.15, -0.1) is 0 Å². The average Bonchev–Trinajstić information content (AvgIpc) is 2.42. The highest BCUT2D eigenvalue weighted by Gasteiger charge is 2.21. The number of nitrogens with two attached hydrogens (primary N) is 1. The standard InChI is InChI=1S/C7H10N2S/c8-3-5-1-6-4-10-9-7(6)2-5/h4-5H,1-3,8H2. The second-order valence-electron chi connectivity index (χ2n) is 2.80. The van der Waals surface area contributed by atoms with Gasteiger partial charge in [-0.1, -0.05) is 0 Å². The molecular weight excluding hydrogens is 144 g/mol. The topological polar surface area (TPSA) is 38.9 Å². The van der Waals surface area contributed by atoms with Gasteiger partial charge in [-0.25, -0.2) is 0 Å². The minimum atomic E-state index is 0.672. The maximum atomic E-state index is 5.55. The number of aromatic nitrogens is 1. The Labute approximate surface area is 64.2 Å². The van der Waals surface area contributed by atoms with Crippen LogP contribution < -0.4 is 5.73 Å². The Balaban J connectivity index is 2.21. The summed E-state index contributed by atoms with van der Waals surface area (Å²) < 4.78 is 4.28. The van der Waals surface area contributed by atoms with E-state index in [4.69, 9.17) is 5.73 Å². The zero-order valence-corrected chi connectivity index (χ0v) is 6.53. The molecule has 2 N–H and O–H groups in total. The van der Waals surface area contributed by atoms with Crippen molar-refractivity contribution in [1.82, 2.24) is 4.37 Å². The van der Waals surface area contributed by atoms with Crippen LogP contribution >= 0.6 is 11.5 Å². The Morgan fingerprint density at radius 1 is 1.70 bits per heavy atom. The van der Waals surface area contributed by atoms with Crippen LogP contribution in [-0.2, 0) is 12.8 Å². The Bertz CT molecular complexity index is 211. The SMILES string of the molecule is NCC1Cc2csnc2C1. The summed E-state index contributed by atoms with van der Waals surface area (Å²) in [6.07, 6.45) is 2.26. The zero-order valence-electron chi connectivity index (χ0n) is 5.71. The smallest absolute Gasteiger partial charge is 0.0577 e. The lowest BCUT2D eigenvalue weighted by atomic mass is 10.1. The molecule has 1 atom stereocenters. The van der Waals surface area contributed by atoms with Crippen molar-refractivity contribution >= 4 is 11.5 Å². The highest BCUT2D eigenvalue weighted by atomic mass is 32.1. The van der Waals surface area contributed by atoms with Crippen molar-refractivity contribution in [2.75, 3.05) is 6.54 Å². The predicted octanol–water partition coefficient (Wildman–Crippen LogP) is 0.817. The molecule has 0 radical (unpaired) electrons. The third kappa shape index (κ3) is 0.859. The van der Waals surface area contributed by atoms with Crippen molar-refractivity contribution in [3.8, 4) is 0 Å². The first-order chi connectivity index (χ1) is 4.90. The van der Waals surface area contributed by atoms with E-state index in [1.165, 1.54) is 11.3 Å². The fraction of sp³-hybridized carbons (Fsp3) is 0.571. The van der Waals surface area contributed by atoms with E-state index in [2.05, 4.69) is 9.75 Å². The first-order valence-electron chi connectivity index (χ1n) is 3.52. The second kappa shape index (κ2) is 2.32. The van der Waals surface area contributed by atoms with E-state index in [0.717, 1.165) is 19.4 Å². The molecule has 0 spiro atoms. The lowest BCUT2D eigenvalue weighted by Crippen LogP contribution is -2.13. The van der Waals surface area contributed by atoms with Crippen LogP contribution in [0.25, 0.3) is 0 Å². The monoisotopic (exact) mass is 154 g/mol. The maximum absolute atomic E-state index is 5.55. The first kappa shape index (κ1) is 6.31. The van der Waals surface area contributed by atoms with E-state index >= 15 is 0 Å². The van der Waals surface area contributed by atoms with Gasteiger partial charge < -0.3 is 5.73 Å². The van der Waals surface area contributed by atoms with Crippen molar-refractivity contribution in [3.63, 3.8) is 0 Å². The molecular formula is C7H10N2S. The van der Waals surface area contributed by atoms with Gasteiger partial charge in [0.25, 0.3) is 0 Å². The Kier molecular flexibility index (Phi) is 1.47. The van der Waals surface area contributed by atoms with E-state index in [1.54, 1.807) is 11.5 Å². The summed E-state index contributed by atoms with van der Waals surface area (Å²) in [7, 11) is 0. The van der Waals surface area contributed by atoms with E-state index in [0.29, 0.717) is 5.92 Å². The number of hydrogen-bond acceptors (Lipinski definition) is 3. The second-order valence-corrected chi connectivity index (χ2v) is 3.43. The summed E-state index contributed by atoms with van der Waals surface area (Å²) in [5.41, 5.74) is 8.27. The molecule has 1 aromatic rings. The van der Waals surface area contributed by atoms with Crippen molar-refractivity contribution in [2.45, 2.75) is 12.8 Å². The van der Waals surface area contributed by atoms with Crippen LogP contribution in [0.1, 0.15) is 11.3 Å². The van der Waals surface area contributed by atoms with Gasteiger partial charge in [0.15, 0.2) is 0 Å². The van der Waals surface area contributed by atoms with Gasteiger partial charge in [0, 0.05) is 5.38 Å². The van der Waals surface area contributed by atoms with Crippen molar-refractivity contribution < 1.29 is 0 Å². The first-order valence-corrected chi connectivity index (χ1v) is 4.36. The highest BCUT2D eigenvalue weighted by molar-refractivity contribution is 7.03. The fourth-order valence-corrected chi connectivity index (χ4v) is 2.17. The van der Waals surface area contributed by atoms with Crippen molar-refractivity contribution in [1.29, 1.82) is 0 Å².